The second-order valence-corrected chi connectivity index (χ2v) is 10.6. The Balaban J connectivity index is 1.16. The van der Waals surface area contributed by atoms with Crippen molar-refractivity contribution in [2.24, 2.45) is 11.8 Å². The molecule has 6 atom stereocenters. The lowest BCUT2D eigenvalue weighted by molar-refractivity contribution is -0.155. The molecule has 0 aromatic heterocycles. The Morgan fingerprint density at radius 2 is 1.83 bits per heavy atom. The van der Waals surface area contributed by atoms with Gasteiger partial charge in [-0.3, -0.25) is 9.59 Å². The van der Waals surface area contributed by atoms with E-state index in [9.17, 15) is 14.0 Å². The number of halogens is 2. The highest BCUT2D eigenvalue weighted by Crippen LogP contribution is 2.60. The molecule has 3 N–H and O–H groups in total. The van der Waals surface area contributed by atoms with E-state index in [2.05, 4.69) is 29.8 Å². The van der Waals surface area contributed by atoms with Crippen LogP contribution >= 0.6 is 11.6 Å². The van der Waals surface area contributed by atoms with Crippen molar-refractivity contribution in [3.05, 3.63) is 0 Å². The summed E-state index contributed by atoms with van der Waals surface area (Å²) in [5.41, 5.74) is -0.339. The van der Waals surface area contributed by atoms with Crippen molar-refractivity contribution in [1.82, 2.24) is 16.0 Å². The molecule has 0 radical (unpaired) electrons. The van der Waals surface area contributed by atoms with E-state index in [4.69, 9.17) is 16.3 Å². The fourth-order valence-corrected chi connectivity index (χ4v) is 5.83. The predicted molar refractivity (Wildman–Crippen MR) is 108 cm³/mol. The van der Waals surface area contributed by atoms with Crippen LogP contribution in [0.3, 0.4) is 0 Å². The quantitative estimate of drug-likeness (QED) is 0.564. The lowest BCUT2D eigenvalue weighted by atomic mass is 9.44. The highest BCUT2D eigenvalue weighted by atomic mass is 35.5. The topological polar surface area (TPSA) is 79.5 Å². The van der Waals surface area contributed by atoms with Gasteiger partial charge in [0.2, 0.25) is 11.8 Å². The van der Waals surface area contributed by atoms with Gasteiger partial charge < -0.3 is 20.7 Å². The number of hydrogen-bond donors (Lipinski definition) is 3. The first kappa shape index (κ1) is 21.3. The molecule has 0 aromatic carbocycles. The van der Waals surface area contributed by atoms with E-state index < -0.39 is 11.5 Å². The van der Waals surface area contributed by atoms with Gasteiger partial charge >= 0.3 is 0 Å². The van der Waals surface area contributed by atoms with Crippen LogP contribution in [0.1, 0.15) is 58.8 Å². The normalized spacial score (nSPS) is 46.2. The van der Waals surface area contributed by atoms with Gasteiger partial charge in [0.25, 0.3) is 0 Å². The van der Waals surface area contributed by atoms with Crippen molar-refractivity contribution in [2.75, 3.05) is 13.2 Å². The van der Waals surface area contributed by atoms with Crippen LogP contribution in [0.4, 0.5) is 4.39 Å². The number of ether oxygens (including phenoxy) is 1. The molecule has 5 rings (SSSR count). The van der Waals surface area contributed by atoms with E-state index in [1.807, 2.05) is 0 Å². The standard InChI is InChI=1S/C21H33ClFN3O3/c1-12-5-14(7-24-13(12)2)19(28)26-21-9-20(10-21,11-21)25-18(27)8-29-15-3-4-16(22)17(23)6-15/h12-17,24H,3-11H2,1-2H3,(H,25,27)(H,26,28). The summed E-state index contributed by atoms with van der Waals surface area (Å²) in [6, 6.07) is 0.454. The molecule has 2 bridgehead atoms. The van der Waals surface area contributed by atoms with Crippen LogP contribution in [-0.4, -0.2) is 59.7 Å². The third kappa shape index (κ3) is 4.42. The molecular weight excluding hydrogens is 397 g/mol. The zero-order valence-electron chi connectivity index (χ0n) is 17.3. The molecule has 1 heterocycles. The molecule has 8 heteroatoms. The summed E-state index contributed by atoms with van der Waals surface area (Å²) in [5, 5.41) is 9.28. The maximum atomic E-state index is 13.7. The number of hydrogen-bond acceptors (Lipinski definition) is 4. The zero-order chi connectivity index (χ0) is 20.8. The number of alkyl halides is 2. The van der Waals surface area contributed by atoms with E-state index >= 15 is 0 Å². The first-order valence-corrected chi connectivity index (χ1v) is 11.4. The van der Waals surface area contributed by atoms with Crippen LogP contribution in [-0.2, 0) is 14.3 Å². The molecule has 164 valence electrons. The van der Waals surface area contributed by atoms with Gasteiger partial charge in [-0.05, 0) is 51.4 Å². The number of rotatable bonds is 6. The number of carbonyl (C=O) groups excluding carboxylic acids is 2. The fraction of sp³-hybridized carbons (Fsp3) is 0.905. The van der Waals surface area contributed by atoms with Crippen molar-refractivity contribution >= 4 is 23.4 Å². The molecule has 6 unspecified atom stereocenters. The van der Waals surface area contributed by atoms with E-state index in [0.717, 1.165) is 32.2 Å². The van der Waals surface area contributed by atoms with E-state index in [1.54, 1.807) is 0 Å². The molecule has 4 aliphatic carbocycles. The van der Waals surface area contributed by atoms with Gasteiger partial charge in [-0.2, -0.15) is 0 Å². The summed E-state index contributed by atoms with van der Waals surface area (Å²) in [5.74, 6) is 0.490. The van der Waals surface area contributed by atoms with Crippen molar-refractivity contribution in [3.8, 4) is 0 Å². The van der Waals surface area contributed by atoms with Crippen LogP contribution < -0.4 is 16.0 Å². The van der Waals surface area contributed by atoms with Gasteiger partial charge in [0.15, 0.2) is 0 Å². The van der Waals surface area contributed by atoms with E-state index in [-0.39, 0.29) is 47.9 Å². The highest BCUT2D eigenvalue weighted by molar-refractivity contribution is 6.21. The summed E-state index contributed by atoms with van der Waals surface area (Å²) in [6.07, 6.45) is 3.50. The lowest BCUT2D eigenvalue weighted by Crippen LogP contribution is -2.84. The Morgan fingerprint density at radius 3 is 2.48 bits per heavy atom. The summed E-state index contributed by atoms with van der Waals surface area (Å²) < 4.78 is 19.3. The molecule has 1 aliphatic heterocycles. The minimum atomic E-state index is -1.06. The van der Waals surface area contributed by atoms with Gasteiger partial charge in [-0.15, -0.1) is 11.6 Å². The summed E-state index contributed by atoms with van der Waals surface area (Å²) >= 11 is 5.88. The van der Waals surface area contributed by atoms with Crippen LogP contribution in [0.5, 0.6) is 0 Å². The average molecular weight is 430 g/mol. The van der Waals surface area contributed by atoms with Crippen LogP contribution in [0.25, 0.3) is 0 Å². The smallest absolute Gasteiger partial charge is 0.246 e. The number of piperidine rings is 1. The molecule has 4 saturated carbocycles. The number of carbonyl (C=O) groups is 2. The molecule has 5 aliphatic rings. The molecule has 2 amide bonds. The monoisotopic (exact) mass is 429 g/mol. The third-order valence-electron chi connectivity index (χ3n) is 7.49. The van der Waals surface area contributed by atoms with Gasteiger partial charge in [0, 0.05) is 30.1 Å². The largest absolute Gasteiger partial charge is 0.368 e. The zero-order valence-corrected chi connectivity index (χ0v) is 18.1. The molecule has 6 nitrogen and oxygen atoms in total. The summed E-state index contributed by atoms with van der Waals surface area (Å²) in [4.78, 5) is 24.9. The molecule has 0 spiro atoms. The van der Waals surface area contributed by atoms with Crippen molar-refractivity contribution in [3.63, 3.8) is 0 Å². The lowest BCUT2D eigenvalue weighted by Gasteiger charge is -2.70. The van der Waals surface area contributed by atoms with Gasteiger partial charge in [-0.1, -0.05) is 6.92 Å². The highest BCUT2D eigenvalue weighted by Gasteiger charge is 2.69. The molecule has 29 heavy (non-hydrogen) atoms. The molecule has 0 aromatic rings. The summed E-state index contributed by atoms with van der Waals surface area (Å²) in [6.45, 7) is 5.03. The average Bonchev–Trinajstić information content (AvgIpc) is 2.62. The Morgan fingerprint density at radius 1 is 1.14 bits per heavy atom. The Labute approximate surface area is 177 Å². The van der Waals surface area contributed by atoms with Crippen LogP contribution in [0.2, 0.25) is 0 Å². The Kier molecular flexibility index (Phi) is 5.86. The van der Waals surface area contributed by atoms with E-state index in [1.165, 1.54) is 0 Å². The van der Waals surface area contributed by atoms with Crippen molar-refractivity contribution in [1.29, 1.82) is 0 Å². The second-order valence-electron chi connectivity index (χ2n) is 10.0. The maximum absolute atomic E-state index is 13.7. The van der Waals surface area contributed by atoms with Crippen LogP contribution in [0.15, 0.2) is 0 Å². The maximum Gasteiger partial charge on any atom is 0.246 e. The van der Waals surface area contributed by atoms with Crippen molar-refractivity contribution in [2.45, 2.75) is 93.6 Å². The van der Waals surface area contributed by atoms with Crippen molar-refractivity contribution < 1.29 is 18.7 Å². The van der Waals surface area contributed by atoms with Gasteiger partial charge in [0.05, 0.1) is 17.4 Å². The Bertz CT molecular complexity index is 643. The first-order chi connectivity index (χ1) is 13.7. The number of amides is 2. The SMILES string of the molecule is CC1CC(C(=O)NC23CC(NC(=O)COC4CCC(Cl)C(F)C4)(C2)C3)CNC1C. The van der Waals surface area contributed by atoms with Gasteiger partial charge in [0.1, 0.15) is 12.8 Å². The summed E-state index contributed by atoms with van der Waals surface area (Å²) in [7, 11) is 0. The minimum Gasteiger partial charge on any atom is -0.368 e. The van der Waals surface area contributed by atoms with Gasteiger partial charge in [-0.25, -0.2) is 4.39 Å². The Hall–Kier alpha value is -0.920. The predicted octanol–water partition coefficient (Wildman–Crippen LogP) is 2.04. The molecular formula is C21H33ClFN3O3. The van der Waals surface area contributed by atoms with Crippen LogP contribution in [0, 0.1) is 11.8 Å². The number of nitrogens with one attached hydrogen (secondary N) is 3. The first-order valence-electron chi connectivity index (χ1n) is 11.0. The third-order valence-corrected chi connectivity index (χ3v) is 7.98. The molecule has 5 fully saturated rings. The second kappa shape index (κ2) is 7.97. The fourth-order valence-electron chi connectivity index (χ4n) is 5.60. The van der Waals surface area contributed by atoms with E-state index in [0.29, 0.717) is 24.8 Å². The molecule has 1 saturated heterocycles. The minimum absolute atomic E-state index is 0.0246.